The number of hydrogen-bond acceptors (Lipinski definition) is 3. The Bertz CT molecular complexity index is 511. The van der Waals surface area contributed by atoms with Gasteiger partial charge in [0.05, 0.1) is 6.04 Å². The van der Waals surface area contributed by atoms with E-state index in [4.69, 9.17) is 0 Å². The van der Waals surface area contributed by atoms with Gasteiger partial charge < -0.3 is 5.32 Å². The second-order valence-electron chi connectivity index (χ2n) is 5.33. The van der Waals surface area contributed by atoms with E-state index in [9.17, 15) is 9.18 Å². The molecule has 20 heavy (non-hydrogen) atoms. The Balaban J connectivity index is 1.81. The highest BCUT2D eigenvalue weighted by molar-refractivity contribution is 5.87. The van der Waals surface area contributed by atoms with Crippen LogP contribution in [0.25, 0.3) is 0 Å². The zero-order valence-corrected chi connectivity index (χ0v) is 11.3. The molecule has 1 fully saturated rings. The molecule has 0 saturated carbocycles. The summed E-state index contributed by atoms with van der Waals surface area (Å²) < 4.78 is 14.8. The van der Waals surface area contributed by atoms with Crippen molar-refractivity contribution in [3.8, 4) is 0 Å². The smallest absolute Gasteiger partial charge is 0.280 e. The summed E-state index contributed by atoms with van der Waals surface area (Å²) in [5.41, 5.74) is -0.782. The lowest BCUT2D eigenvalue weighted by Crippen LogP contribution is -2.50. The monoisotopic (exact) mass is 275 g/mol. The average Bonchev–Trinajstić information content (AvgIpc) is 2.97. The number of hydrogen-bond donors (Lipinski definition) is 1. The third-order valence-electron chi connectivity index (χ3n) is 4.00. The standard InChI is InChI=1S/C15H18FN3O/c16-15(7-10-17-11-8-15)14(20)19-13(6-9-18-19)12-4-2-1-3-5-12/h1-5,9,13,17H,6-8,10-11H2. The summed E-state index contributed by atoms with van der Waals surface area (Å²) in [6.07, 6.45) is 2.78. The quantitative estimate of drug-likeness (QED) is 0.897. The van der Waals surface area contributed by atoms with Crippen molar-refractivity contribution in [1.82, 2.24) is 10.3 Å². The summed E-state index contributed by atoms with van der Waals surface area (Å²) in [7, 11) is 0. The van der Waals surface area contributed by atoms with Crippen LogP contribution in [0.3, 0.4) is 0 Å². The van der Waals surface area contributed by atoms with Crippen molar-refractivity contribution >= 4 is 12.1 Å². The minimum absolute atomic E-state index is 0.175. The maximum Gasteiger partial charge on any atom is 0.280 e. The molecule has 2 aliphatic heterocycles. The Morgan fingerprint density at radius 2 is 2.00 bits per heavy atom. The number of rotatable bonds is 2. The predicted molar refractivity (Wildman–Crippen MR) is 75.1 cm³/mol. The highest BCUT2D eigenvalue weighted by Gasteiger charge is 2.45. The van der Waals surface area contributed by atoms with Gasteiger partial charge in [0.2, 0.25) is 0 Å². The van der Waals surface area contributed by atoms with Gasteiger partial charge in [-0.15, -0.1) is 0 Å². The third-order valence-corrected chi connectivity index (χ3v) is 4.00. The second kappa shape index (κ2) is 5.32. The van der Waals surface area contributed by atoms with Crippen molar-refractivity contribution in [3.05, 3.63) is 35.9 Å². The number of nitrogens with one attached hydrogen (secondary N) is 1. The van der Waals surface area contributed by atoms with Crippen LogP contribution in [0.4, 0.5) is 4.39 Å². The predicted octanol–water partition coefficient (Wildman–Crippen LogP) is 2.04. The van der Waals surface area contributed by atoms with Crippen molar-refractivity contribution in [2.24, 2.45) is 5.10 Å². The van der Waals surface area contributed by atoms with E-state index in [0.29, 0.717) is 19.5 Å². The lowest BCUT2D eigenvalue weighted by Gasteiger charge is -2.33. The van der Waals surface area contributed by atoms with Gasteiger partial charge in [-0.1, -0.05) is 30.3 Å². The zero-order valence-electron chi connectivity index (χ0n) is 11.3. The molecule has 0 aliphatic carbocycles. The van der Waals surface area contributed by atoms with E-state index >= 15 is 0 Å². The maximum absolute atomic E-state index is 14.8. The summed E-state index contributed by atoms with van der Waals surface area (Å²) in [6, 6.07) is 9.50. The molecule has 2 heterocycles. The molecule has 1 atom stereocenters. The largest absolute Gasteiger partial charge is 0.316 e. The van der Waals surface area contributed by atoms with Crippen molar-refractivity contribution in [3.63, 3.8) is 0 Å². The van der Waals surface area contributed by atoms with Crippen molar-refractivity contribution in [1.29, 1.82) is 0 Å². The number of alkyl halides is 1. The van der Waals surface area contributed by atoms with Crippen LogP contribution in [0.1, 0.15) is 30.9 Å². The minimum atomic E-state index is -1.78. The zero-order chi connectivity index (χ0) is 14.0. The lowest BCUT2D eigenvalue weighted by molar-refractivity contribution is -0.147. The highest BCUT2D eigenvalue weighted by atomic mass is 19.1. The Kier molecular flexibility index (Phi) is 3.53. The Hall–Kier alpha value is -1.75. The number of hydrazone groups is 1. The molecule has 1 amide bonds. The molecule has 0 radical (unpaired) electrons. The summed E-state index contributed by atoms with van der Waals surface area (Å²) in [5, 5.41) is 8.53. The molecule has 0 aromatic heterocycles. The Morgan fingerprint density at radius 3 is 2.70 bits per heavy atom. The number of nitrogens with zero attached hydrogens (tertiary/aromatic N) is 2. The summed E-state index contributed by atoms with van der Waals surface area (Å²) in [5.74, 6) is -0.499. The number of benzene rings is 1. The molecule has 106 valence electrons. The summed E-state index contributed by atoms with van der Waals surface area (Å²) >= 11 is 0. The van der Waals surface area contributed by atoms with Crippen LogP contribution in [-0.4, -0.2) is 35.9 Å². The van der Waals surface area contributed by atoms with Gasteiger partial charge in [-0.05, 0) is 18.7 Å². The molecule has 4 nitrogen and oxygen atoms in total. The average molecular weight is 275 g/mol. The molecule has 1 aromatic rings. The van der Waals surface area contributed by atoms with Gasteiger partial charge >= 0.3 is 0 Å². The lowest BCUT2D eigenvalue weighted by atomic mass is 9.92. The first-order valence-electron chi connectivity index (χ1n) is 7.01. The van der Waals surface area contributed by atoms with Gasteiger partial charge in [-0.25, -0.2) is 9.40 Å². The van der Waals surface area contributed by atoms with Crippen LogP contribution in [-0.2, 0) is 4.79 Å². The van der Waals surface area contributed by atoms with E-state index in [1.807, 2.05) is 30.3 Å². The molecule has 0 spiro atoms. The number of halogens is 1. The molecule has 0 bridgehead atoms. The summed E-state index contributed by atoms with van der Waals surface area (Å²) in [6.45, 7) is 1.07. The van der Waals surface area contributed by atoms with Gasteiger partial charge in [-0.3, -0.25) is 4.79 Å². The van der Waals surface area contributed by atoms with E-state index in [1.165, 1.54) is 5.01 Å². The van der Waals surface area contributed by atoms with Crippen LogP contribution in [0.2, 0.25) is 0 Å². The van der Waals surface area contributed by atoms with Crippen LogP contribution in [0.5, 0.6) is 0 Å². The highest BCUT2D eigenvalue weighted by Crippen LogP contribution is 2.34. The number of carbonyl (C=O) groups excluding carboxylic acids is 1. The normalized spacial score (nSPS) is 24.9. The van der Waals surface area contributed by atoms with Gasteiger partial charge in [-0.2, -0.15) is 5.10 Å². The first-order valence-corrected chi connectivity index (χ1v) is 7.01. The first-order chi connectivity index (χ1) is 9.71. The molecule has 3 rings (SSSR count). The van der Waals surface area contributed by atoms with E-state index < -0.39 is 11.6 Å². The molecular formula is C15H18FN3O. The van der Waals surface area contributed by atoms with Gasteiger partial charge in [0, 0.05) is 25.5 Å². The van der Waals surface area contributed by atoms with Crippen molar-refractivity contribution in [2.75, 3.05) is 13.1 Å². The first kappa shape index (κ1) is 13.2. The van der Waals surface area contributed by atoms with Crippen molar-refractivity contribution in [2.45, 2.75) is 31.0 Å². The van der Waals surface area contributed by atoms with Gasteiger partial charge in [0.15, 0.2) is 5.67 Å². The second-order valence-corrected chi connectivity index (χ2v) is 5.33. The Labute approximate surface area is 117 Å². The fourth-order valence-electron chi connectivity index (χ4n) is 2.80. The molecule has 1 aromatic carbocycles. The fourth-order valence-corrected chi connectivity index (χ4v) is 2.80. The van der Waals surface area contributed by atoms with E-state index in [2.05, 4.69) is 10.4 Å². The molecule has 1 saturated heterocycles. The number of piperidine rings is 1. The fraction of sp³-hybridized carbons (Fsp3) is 0.467. The van der Waals surface area contributed by atoms with E-state index in [1.54, 1.807) is 6.21 Å². The number of amides is 1. The van der Waals surface area contributed by atoms with E-state index in [-0.39, 0.29) is 18.9 Å². The molecular weight excluding hydrogens is 257 g/mol. The molecule has 1 unspecified atom stereocenters. The topological polar surface area (TPSA) is 44.7 Å². The van der Waals surface area contributed by atoms with Crippen LogP contribution >= 0.6 is 0 Å². The Morgan fingerprint density at radius 1 is 1.30 bits per heavy atom. The molecule has 5 heteroatoms. The molecule has 2 aliphatic rings. The van der Waals surface area contributed by atoms with Crippen molar-refractivity contribution < 1.29 is 9.18 Å². The van der Waals surface area contributed by atoms with Crippen LogP contribution in [0.15, 0.2) is 35.4 Å². The maximum atomic E-state index is 14.8. The van der Waals surface area contributed by atoms with E-state index in [0.717, 1.165) is 5.56 Å². The number of carbonyl (C=O) groups is 1. The summed E-state index contributed by atoms with van der Waals surface area (Å²) in [4.78, 5) is 12.5. The van der Waals surface area contributed by atoms with Crippen LogP contribution in [0, 0.1) is 0 Å². The third kappa shape index (κ3) is 2.33. The molecule has 1 N–H and O–H groups in total. The SMILES string of the molecule is O=C(N1N=CCC1c1ccccc1)C1(F)CCNCC1. The minimum Gasteiger partial charge on any atom is -0.316 e. The van der Waals surface area contributed by atoms with Crippen LogP contribution < -0.4 is 5.32 Å². The van der Waals surface area contributed by atoms with Gasteiger partial charge in [0.1, 0.15) is 0 Å². The van der Waals surface area contributed by atoms with Gasteiger partial charge in [0.25, 0.3) is 5.91 Å².